The molecule has 154 valence electrons. The molecule has 5 rings (SSSR count). The highest BCUT2D eigenvalue weighted by atomic mass is 16.6. The average Bonchev–Trinajstić information content (AvgIpc) is 3.21. The van der Waals surface area contributed by atoms with Gasteiger partial charge in [-0.05, 0) is 57.4 Å². The first kappa shape index (κ1) is 18.4. The number of nitrogens with zero attached hydrogens (tertiary/aromatic N) is 3. The fourth-order valence-corrected chi connectivity index (χ4v) is 4.71. The van der Waals surface area contributed by atoms with E-state index in [1.54, 1.807) is 0 Å². The molecule has 1 aromatic heterocycles. The minimum Gasteiger partial charge on any atom is -0.446 e. The lowest BCUT2D eigenvalue weighted by molar-refractivity contribution is 0.0862. The number of aromatic nitrogens is 2. The number of likely N-dealkylation sites (tertiary alicyclic amines) is 1. The minimum atomic E-state index is -0.161. The zero-order chi connectivity index (χ0) is 18.9. The van der Waals surface area contributed by atoms with Gasteiger partial charge in [0.2, 0.25) is 5.89 Å². The second-order valence-corrected chi connectivity index (χ2v) is 8.74. The minimum absolute atomic E-state index is 0.161. The Morgan fingerprint density at radius 2 is 1.96 bits per heavy atom. The van der Waals surface area contributed by atoms with Gasteiger partial charge in [-0.25, -0.2) is 4.79 Å². The molecule has 1 saturated carbocycles. The lowest BCUT2D eigenvalue weighted by Crippen LogP contribution is -2.42. The summed E-state index contributed by atoms with van der Waals surface area (Å²) >= 11 is 0. The molecule has 4 heterocycles. The summed E-state index contributed by atoms with van der Waals surface area (Å²) in [6, 6.07) is 0.484. The molecule has 8 heteroatoms. The standard InChI is InChI=1S/C20H30N4O4/c25-20(27-16-1-2-16)24-8-4-13(5-9-24)18-22-19(28-23-18)14-3-7-21-17(11-14)15-6-10-26-12-15/h13-17,21H,1-12H2. The Kier molecular flexibility index (Phi) is 5.24. The van der Waals surface area contributed by atoms with Gasteiger partial charge in [0.05, 0.1) is 6.61 Å². The summed E-state index contributed by atoms with van der Waals surface area (Å²) in [5.41, 5.74) is 0. The number of ether oxygens (including phenoxy) is 2. The molecule has 1 amide bonds. The molecule has 4 aliphatic rings. The van der Waals surface area contributed by atoms with Gasteiger partial charge in [-0.3, -0.25) is 0 Å². The van der Waals surface area contributed by atoms with E-state index >= 15 is 0 Å². The van der Waals surface area contributed by atoms with Crippen LogP contribution in [0.25, 0.3) is 0 Å². The maximum absolute atomic E-state index is 12.1. The monoisotopic (exact) mass is 390 g/mol. The Balaban J connectivity index is 1.15. The molecule has 0 radical (unpaired) electrons. The SMILES string of the molecule is O=C(OC1CC1)N1CCC(c2noc(C3CCNC(C4CCOC4)C3)n2)CC1. The molecule has 28 heavy (non-hydrogen) atoms. The molecule has 1 N–H and O–H groups in total. The Morgan fingerprint density at radius 1 is 1.11 bits per heavy atom. The predicted molar refractivity (Wildman–Crippen MR) is 100 cm³/mol. The van der Waals surface area contributed by atoms with E-state index in [0.29, 0.717) is 31.0 Å². The van der Waals surface area contributed by atoms with Crippen molar-refractivity contribution in [1.82, 2.24) is 20.4 Å². The van der Waals surface area contributed by atoms with Crippen LogP contribution in [-0.2, 0) is 9.47 Å². The number of hydrogen-bond donors (Lipinski definition) is 1. The van der Waals surface area contributed by atoms with Gasteiger partial charge in [0.1, 0.15) is 6.10 Å². The molecule has 0 bridgehead atoms. The fraction of sp³-hybridized carbons (Fsp3) is 0.850. The maximum atomic E-state index is 12.1. The number of rotatable bonds is 4. The molecule has 3 aliphatic heterocycles. The molecule has 0 spiro atoms. The van der Waals surface area contributed by atoms with Crippen molar-refractivity contribution in [2.75, 3.05) is 32.8 Å². The fourth-order valence-electron chi connectivity index (χ4n) is 4.71. The van der Waals surface area contributed by atoms with Crippen LogP contribution in [0.1, 0.15) is 68.5 Å². The summed E-state index contributed by atoms with van der Waals surface area (Å²) in [6.07, 6.45) is 6.98. The summed E-state index contributed by atoms with van der Waals surface area (Å²) in [6.45, 7) is 4.14. The summed E-state index contributed by atoms with van der Waals surface area (Å²) in [7, 11) is 0. The maximum Gasteiger partial charge on any atom is 0.410 e. The quantitative estimate of drug-likeness (QED) is 0.844. The lowest BCUT2D eigenvalue weighted by Gasteiger charge is -2.32. The van der Waals surface area contributed by atoms with Gasteiger partial charge >= 0.3 is 6.09 Å². The van der Waals surface area contributed by atoms with Crippen LogP contribution in [0.3, 0.4) is 0 Å². The molecular weight excluding hydrogens is 360 g/mol. The van der Waals surface area contributed by atoms with Crippen LogP contribution in [0.5, 0.6) is 0 Å². The Labute approximate surface area is 165 Å². The summed E-state index contributed by atoms with van der Waals surface area (Å²) < 4.78 is 16.6. The van der Waals surface area contributed by atoms with Crippen molar-refractivity contribution in [3.63, 3.8) is 0 Å². The van der Waals surface area contributed by atoms with Crippen molar-refractivity contribution >= 4 is 6.09 Å². The van der Waals surface area contributed by atoms with Crippen LogP contribution in [0, 0.1) is 5.92 Å². The van der Waals surface area contributed by atoms with E-state index in [0.717, 1.165) is 76.4 Å². The smallest absolute Gasteiger partial charge is 0.410 e. The van der Waals surface area contributed by atoms with Crippen molar-refractivity contribution in [1.29, 1.82) is 0 Å². The van der Waals surface area contributed by atoms with E-state index in [1.165, 1.54) is 0 Å². The second-order valence-electron chi connectivity index (χ2n) is 8.74. The van der Waals surface area contributed by atoms with Crippen molar-refractivity contribution < 1.29 is 18.8 Å². The molecular formula is C20H30N4O4. The van der Waals surface area contributed by atoms with Gasteiger partial charge < -0.3 is 24.2 Å². The highest BCUT2D eigenvalue weighted by Crippen LogP contribution is 2.34. The summed E-state index contributed by atoms with van der Waals surface area (Å²) in [5.74, 6) is 2.80. The molecule has 3 saturated heterocycles. The summed E-state index contributed by atoms with van der Waals surface area (Å²) in [5, 5.41) is 7.95. The van der Waals surface area contributed by atoms with Gasteiger partial charge in [0.15, 0.2) is 5.82 Å². The van der Waals surface area contributed by atoms with E-state index in [4.69, 9.17) is 19.0 Å². The summed E-state index contributed by atoms with van der Waals surface area (Å²) in [4.78, 5) is 18.7. The molecule has 4 fully saturated rings. The number of nitrogens with one attached hydrogen (secondary N) is 1. The number of piperidine rings is 2. The zero-order valence-corrected chi connectivity index (χ0v) is 16.3. The molecule has 3 atom stereocenters. The van der Waals surface area contributed by atoms with Gasteiger partial charge in [0, 0.05) is 37.6 Å². The number of carbonyl (C=O) groups excluding carboxylic acids is 1. The first-order valence-electron chi connectivity index (χ1n) is 10.9. The third kappa shape index (κ3) is 4.03. The number of amides is 1. The van der Waals surface area contributed by atoms with Crippen LogP contribution < -0.4 is 5.32 Å². The van der Waals surface area contributed by atoms with E-state index in [-0.39, 0.29) is 18.1 Å². The molecule has 1 aliphatic carbocycles. The normalized spacial score (nSPS) is 31.9. The van der Waals surface area contributed by atoms with E-state index in [9.17, 15) is 4.79 Å². The van der Waals surface area contributed by atoms with E-state index < -0.39 is 0 Å². The largest absolute Gasteiger partial charge is 0.446 e. The van der Waals surface area contributed by atoms with Crippen LogP contribution in [-0.4, -0.2) is 66.1 Å². The van der Waals surface area contributed by atoms with Crippen molar-refractivity contribution in [2.24, 2.45) is 5.92 Å². The Morgan fingerprint density at radius 3 is 2.71 bits per heavy atom. The van der Waals surface area contributed by atoms with Gasteiger partial charge in [-0.15, -0.1) is 0 Å². The van der Waals surface area contributed by atoms with Crippen molar-refractivity contribution in [3.05, 3.63) is 11.7 Å². The van der Waals surface area contributed by atoms with Crippen LogP contribution in [0.4, 0.5) is 4.79 Å². The number of carbonyl (C=O) groups is 1. The Bertz CT molecular complexity index is 678. The van der Waals surface area contributed by atoms with E-state index in [2.05, 4.69) is 10.5 Å². The van der Waals surface area contributed by atoms with Crippen LogP contribution in [0.2, 0.25) is 0 Å². The number of hydrogen-bond acceptors (Lipinski definition) is 7. The molecule has 8 nitrogen and oxygen atoms in total. The second kappa shape index (κ2) is 7.99. The molecule has 0 aromatic carbocycles. The van der Waals surface area contributed by atoms with Gasteiger partial charge in [0.25, 0.3) is 0 Å². The van der Waals surface area contributed by atoms with Gasteiger partial charge in [-0.1, -0.05) is 5.16 Å². The topological polar surface area (TPSA) is 89.7 Å². The van der Waals surface area contributed by atoms with E-state index in [1.807, 2.05) is 4.90 Å². The van der Waals surface area contributed by atoms with Crippen molar-refractivity contribution in [2.45, 2.75) is 68.9 Å². The van der Waals surface area contributed by atoms with Gasteiger partial charge in [-0.2, -0.15) is 4.98 Å². The highest BCUT2D eigenvalue weighted by Gasteiger charge is 2.35. The highest BCUT2D eigenvalue weighted by molar-refractivity contribution is 5.68. The first-order chi connectivity index (χ1) is 13.8. The third-order valence-electron chi connectivity index (χ3n) is 6.69. The van der Waals surface area contributed by atoms with Crippen LogP contribution >= 0.6 is 0 Å². The van der Waals surface area contributed by atoms with Crippen molar-refractivity contribution in [3.8, 4) is 0 Å². The first-order valence-corrected chi connectivity index (χ1v) is 10.9. The third-order valence-corrected chi connectivity index (χ3v) is 6.69. The lowest BCUT2D eigenvalue weighted by atomic mass is 9.85. The molecule has 3 unspecified atom stereocenters. The average molecular weight is 390 g/mol. The Hall–Kier alpha value is -1.67. The van der Waals surface area contributed by atoms with Crippen LogP contribution in [0.15, 0.2) is 4.52 Å². The molecule has 1 aromatic rings. The zero-order valence-electron chi connectivity index (χ0n) is 16.3. The predicted octanol–water partition coefficient (Wildman–Crippen LogP) is 2.42.